The molecule has 1 unspecified atom stereocenters. The fourth-order valence-electron chi connectivity index (χ4n) is 3.37. The normalized spacial score (nSPS) is 17.5. The molecule has 0 bridgehead atoms. The Morgan fingerprint density at radius 3 is 2.62 bits per heavy atom. The molecule has 1 heterocycles. The highest BCUT2D eigenvalue weighted by Gasteiger charge is 2.28. The first-order valence-corrected chi connectivity index (χ1v) is 9.99. The van der Waals surface area contributed by atoms with Crippen molar-refractivity contribution >= 4 is 29.5 Å². The molecule has 1 aliphatic heterocycles. The van der Waals surface area contributed by atoms with Gasteiger partial charge in [-0.2, -0.15) is 0 Å². The van der Waals surface area contributed by atoms with Crippen molar-refractivity contribution in [3.63, 3.8) is 0 Å². The van der Waals surface area contributed by atoms with Gasteiger partial charge in [-0.1, -0.05) is 6.07 Å². The number of amides is 2. The molecule has 2 rings (SSSR count). The van der Waals surface area contributed by atoms with Crippen LogP contribution in [0.3, 0.4) is 0 Å². The minimum atomic E-state index is -1.01. The van der Waals surface area contributed by atoms with E-state index >= 15 is 0 Å². The molecule has 0 saturated carbocycles. The van der Waals surface area contributed by atoms with E-state index in [4.69, 9.17) is 5.11 Å². The van der Waals surface area contributed by atoms with E-state index in [-0.39, 0.29) is 24.4 Å². The first-order valence-electron chi connectivity index (χ1n) is 8.76. The Bertz CT molecular complexity index is 692. The van der Waals surface area contributed by atoms with Gasteiger partial charge in [0.1, 0.15) is 6.54 Å². The number of hydrogen-bond acceptors (Lipinski definition) is 4. The molecule has 0 radical (unpaired) electrons. The second-order valence-corrected chi connectivity index (χ2v) is 7.48. The first kappa shape index (κ1) is 20.3. The summed E-state index contributed by atoms with van der Waals surface area (Å²) >= 11 is 1.60. The molecule has 0 spiro atoms. The van der Waals surface area contributed by atoms with Crippen LogP contribution in [0.2, 0.25) is 0 Å². The highest BCUT2D eigenvalue weighted by atomic mass is 32.2. The standard InChI is InChI=1S/C19H26N2O4S/c1-13-6-7-16(26-3)11-17(13)19(25)20-9-4-5-15(8-10-20)21(14(2)22)12-18(23)24/h6-7,11,15H,4-5,8-10,12H2,1-3H3,(H,23,24). The Kier molecular flexibility index (Phi) is 7.08. The number of likely N-dealkylation sites (tertiary alicyclic amines) is 1. The lowest BCUT2D eigenvalue weighted by molar-refractivity contribution is -0.145. The van der Waals surface area contributed by atoms with E-state index in [0.29, 0.717) is 31.5 Å². The van der Waals surface area contributed by atoms with Crippen molar-refractivity contribution in [3.8, 4) is 0 Å². The molecule has 6 nitrogen and oxygen atoms in total. The summed E-state index contributed by atoms with van der Waals surface area (Å²) in [4.78, 5) is 40.1. The van der Waals surface area contributed by atoms with Crippen molar-refractivity contribution in [1.29, 1.82) is 0 Å². The molecular weight excluding hydrogens is 352 g/mol. The van der Waals surface area contributed by atoms with E-state index in [1.165, 1.54) is 11.8 Å². The van der Waals surface area contributed by atoms with Gasteiger partial charge in [0.2, 0.25) is 5.91 Å². The number of carboxylic acids is 1. The molecule has 2 amide bonds. The van der Waals surface area contributed by atoms with Gasteiger partial charge in [0, 0.05) is 36.5 Å². The lowest BCUT2D eigenvalue weighted by Crippen LogP contribution is -2.43. The van der Waals surface area contributed by atoms with Crippen LogP contribution in [0, 0.1) is 6.92 Å². The van der Waals surface area contributed by atoms with Crippen LogP contribution in [-0.4, -0.2) is 64.6 Å². The molecule has 1 N–H and O–H groups in total. The zero-order valence-electron chi connectivity index (χ0n) is 15.5. The molecule has 26 heavy (non-hydrogen) atoms. The monoisotopic (exact) mass is 378 g/mol. The topological polar surface area (TPSA) is 77.9 Å². The fraction of sp³-hybridized carbons (Fsp3) is 0.526. The molecule has 1 aromatic carbocycles. The number of carbonyl (C=O) groups is 3. The van der Waals surface area contributed by atoms with E-state index in [9.17, 15) is 14.4 Å². The van der Waals surface area contributed by atoms with Crippen LogP contribution < -0.4 is 0 Å². The molecule has 7 heteroatoms. The quantitative estimate of drug-likeness (QED) is 0.797. The van der Waals surface area contributed by atoms with E-state index in [1.807, 2.05) is 36.3 Å². The SMILES string of the molecule is CSc1ccc(C)c(C(=O)N2CCCC(N(CC(=O)O)C(C)=O)CC2)c1. The third-order valence-corrected chi connectivity index (χ3v) is 5.54. The summed E-state index contributed by atoms with van der Waals surface area (Å²) in [6.45, 7) is 4.19. The van der Waals surface area contributed by atoms with Gasteiger partial charge in [0.15, 0.2) is 0 Å². The Morgan fingerprint density at radius 1 is 1.27 bits per heavy atom. The number of carboxylic acid groups (broad SMARTS) is 1. The summed E-state index contributed by atoms with van der Waals surface area (Å²) in [6, 6.07) is 5.76. The second-order valence-electron chi connectivity index (χ2n) is 6.60. The van der Waals surface area contributed by atoms with Crippen molar-refractivity contribution < 1.29 is 19.5 Å². The highest BCUT2D eigenvalue weighted by Crippen LogP contribution is 2.23. The summed E-state index contributed by atoms with van der Waals surface area (Å²) in [5.74, 6) is -1.24. The van der Waals surface area contributed by atoms with Gasteiger partial charge in [-0.25, -0.2) is 0 Å². The third-order valence-electron chi connectivity index (χ3n) is 4.81. The molecule has 1 aliphatic rings. The van der Waals surface area contributed by atoms with Gasteiger partial charge < -0.3 is 14.9 Å². The predicted octanol–water partition coefficient (Wildman–Crippen LogP) is 2.64. The average molecular weight is 378 g/mol. The number of carbonyl (C=O) groups excluding carboxylic acids is 2. The van der Waals surface area contributed by atoms with Crippen LogP contribution in [-0.2, 0) is 9.59 Å². The molecule has 142 valence electrons. The van der Waals surface area contributed by atoms with Crippen LogP contribution in [0.4, 0.5) is 0 Å². The number of aryl methyl sites for hydroxylation is 1. The maximum atomic E-state index is 13.0. The zero-order valence-corrected chi connectivity index (χ0v) is 16.3. The van der Waals surface area contributed by atoms with Crippen molar-refractivity contribution in [2.24, 2.45) is 0 Å². The minimum absolute atomic E-state index is 0.00617. The summed E-state index contributed by atoms with van der Waals surface area (Å²) in [6.07, 6.45) is 4.04. The number of nitrogens with zero attached hydrogens (tertiary/aromatic N) is 2. The number of hydrogen-bond donors (Lipinski definition) is 1. The Balaban J connectivity index is 2.11. The van der Waals surface area contributed by atoms with Gasteiger partial charge in [0.25, 0.3) is 5.91 Å². The zero-order chi connectivity index (χ0) is 19.3. The van der Waals surface area contributed by atoms with Crippen molar-refractivity contribution in [1.82, 2.24) is 9.80 Å². The van der Waals surface area contributed by atoms with Crippen LogP contribution in [0.15, 0.2) is 23.1 Å². The summed E-state index contributed by atoms with van der Waals surface area (Å²) < 4.78 is 0. The Hall–Kier alpha value is -2.02. The van der Waals surface area contributed by atoms with Crippen LogP contribution in [0.1, 0.15) is 42.1 Å². The lowest BCUT2D eigenvalue weighted by Gasteiger charge is -2.29. The average Bonchev–Trinajstić information content (AvgIpc) is 2.85. The summed E-state index contributed by atoms with van der Waals surface area (Å²) in [5.41, 5.74) is 1.66. The van der Waals surface area contributed by atoms with Gasteiger partial charge in [-0.05, 0) is 50.1 Å². The van der Waals surface area contributed by atoms with Gasteiger partial charge in [-0.3, -0.25) is 14.4 Å². The molecule has 1 atom stereocenters. The molecule has 1 saturated heterocycles. The number of aliphatic carboxylic acids is 1. The van der Waals surface area contributed by atoms with E-state index in [1.54, 1.807) is 11.8 Å². The summed E-state index contributed by atoms with van der Waals surface area (Å²) in [5, 5.41) is 9.04. The molecule has 1 fully saturated rings. The van der Waals surface area contributed by atoms with Crippen LogP contribution in [0.5, 0.6) is 0 Å². The maximum Gasteiger partial charge on any atom is 0.323 e. The number of benzene rings is 1. The smallest absolute Gasteiger partial charge is 0.323 e. The van der Waals surface area contributed by atoms with Gasteiger partial charge >= 0.3 is 5.97 Å². The third kappa shape index (κ3) is 5.00. The second kappa shape index (κ2) is 9.07. The van der Waals surface area contributed by atoms with E-state index in [0.717, 1.165) is 16.9 Å². The molecule has 1 aromatic rings. The summed E-state index contributed by atoms with van der Waals surface area (Å²) in [7, 11) is 0. The van der Waals surface area contributed by atoms with Gasteiger partial charge in [0.05, 0.1) is 0 Å². The van der Waals surface area contributed by atoms with Gasteiger partial charge in [-0.15, -0.1) is 11.8 Å². The minimum Gasteiger partial charge on any atom is -0.480 e. The molecule has 0 aliphatic carbocycles. The highest BCUT2D eigenvalue weighted by molar-refractivity contribution is 7.98. The molecular formula is C19H26N2O4S. The largest absolute Gasteiger partial charge is 0.480 e. The Labute approximate surface area is 158 Å². The predicted molar refractivity (Wildman–Crippen MR) is 102 cm³/mol. The van der Waals surface area contributed by atoms with Crippen molar-refractivity contribution in [2.75, 3.05) is 25.9 Å². The number of rotatable bonds is 5. The van der Waals surface area contributed by atoms with E-state index in [2.05, 4.69) is 0 Å². The first-order chi connectivity index (χ1) is 12.3. The molecule has 0 aromatic heterocycles. The lowest BCUT2D eigenvalue weighted by atomic mass is 10.1. The number of thioether (sulfide) groups is 1. The maximum absolute atomic E-state index is 13.0. The van der Waals surface area contributed by atoms with E-state index < -0.39 is 5.97 Å². The van der Waals surface area contributed by atoms with Crippen molar-refractivity contribution in [3.05, 3.63) is 29.3 Å². The Morgan fingerprint density at radius 2 is 2.00 bits per heavy atom. The van der Waals surface area contributed by atoms with Crippen LogP contribution >= 0.6 is 11.8 Å². The van der Waals surface area contributed by atoms with Crippen LogP contribution in [0.25, 0.3) is 0 Å². The fourth-order valence-corrected chi connectivity index (χ4v) is 3.81. The van der Waals surface area contributed by atoms with Crippen molar-refractivity contribution in [2.45, 2.75) is 44.0 Å².